The van der Waals surface area contributed by atoms with E-state index in [4.69, 9.17) is 4.98 Å². The van der Waals surface area contributed by atoms with E-state index in [1.54, 1.807) is 22.7 Å². The van der Waals surface area contributed by atoms with E-state index in [0.29, 0.717) is 6.04 Å². The number of nitrogens with zero attached hydrogens (tertiary/aromatic N) is 2. The van der Waals surface area contributed by atoms with E-state index in [1.165, 1.54) is 16.2 Å². The smallest absolute Gasteiger partial charge is 0.186 e. The van der Waals surface area contributed by atoms with Crippen molar-refractivity contribution in [1.82, 2.24) is 10.3 Å². The van der Waals surface area contributed by atoms with Gasteiger partial charge in [0.1, 0.15) is 0 Å². The number of nitrogens with one attached hydrogen (secondary N) is 1. The Bertz CT molecular complexity index is 519. The van der Waals surface area contributed by atoms with Crippen LogP contribution in [0.25, 0.3) is 0 Å². The Kier molecular flexibility index (Phi) is 5.57. The summed E-state index contributed by atoms with van der Waals surface area (Å²) in [4.78, 5) is 9.73. The highest BCUT2D eigenvalue weighted by atomic mass is 32.1. The zero-order chi connectivity index (χ0) is 14.5. The van der Waals surface area contributed by atoms with Crippen molar-refractivity contribution in [3.05, 3.63) is 33.0 Å². The average molecular weight is 310 g/mol. The van der Waals surface area contributed by atoms with Crippen molar-refractivity contribution in [1.29, 1.82) is 0 Å². The zero-order valence-corrected chi connectivity index (χ0v) is 14.3. The van der Waals surface area contributed by atoms with E-state index in [9.17, 15) is 0 Å². The molecule has 0 saturated heterocycles. The van der Waals surface area contributed by atoms with E-state index in [-0.39, 0.29) is 0 Å². The summed E-state index contributed by atoms with van der Waals surface area (Å²) in [7, 11) is 2.13. The Balaban J connectivity index is 2.06. The summed E-state index contributed by atoms with van der Waals surface area (Å²) >= 11 is 3.61. The van der Waals surface area contributed by atoms with E-state index in [2.05, 4.69) is 55.5 Å². The molecule has 0 amide bonds. The van der Waals surface area contributed by atoms with Gasteiger partial charge >= 0.3 is 0 Å². The second-order valence-electron chi connectivity index (χ2n) is 4.98. The summed E-state index contributed by atoms with van der Waals surface area (Å²) in [5.74, 6) is 0. The minimum atomic E-state index is 0.372. The molecule has 0 aromatic carbocycles. The quantitative estimate of drug-likeness (QED) is 0.777. The Labute approximate surface area is 129 Å². The third kappa shape index (κ3) is 3.59. The Hall–Kier alpha value is -0.910. The van der Waals surface area contributed by atoms with Crippen LogP contribution in [0, 0.1) is 6.92 Å². The third-order valence-electron chi connectivity index (χ3n) is 3.43. The Morgan fingerprint density at radius 2 is 2.25 bits per heavy atom. The first-order valence-electron chi connectivity index (χ1n) is 7.06. The van der Waals surface area contributed by atoms with Gasteiger partial charge in [-0.1, -0.05) is 13.0 Å². The van der Waals surface area contributed by atoms with E-state index >= 15 is 0 Å². The largest absolute Gasteiger partial charge is 0.344 e. The van der Waals surface area contributed by atoms with Gasteiger partial charge in [-0.15, -0.1) is 22.7 Å². The number of hydrogen-bond donors (Lipinski definition) is 1. The van der Waals surface area contributed by atoms with E-state index in [1.807, 2.05) is 0 Å². The summed E-state index contributed by atoms with van der Waals surface area (Å²) < 4.78 is 0. The molecule has 0 fully saturated rings. The standard InChI is InChI=1S/C15H23N3S2/c1-5-8-16-10-14-11(2)17-15(20-14)18(4)12(3)13-7-6-9-19-13/h6-7,9,12,16H,5,8,10H2,1-4H3. The summed E-state index contributed by atoms with van der Waals surface area (Å²) in [6, 6.07) is 4.67. The van der Waals surface area contributed by atoms with Gasteiger partial charge in [-0.2, -0.15) is 0 Å². The van der Waals surface area contributed by atoms with E-state index in [0.717, 1.165) is 23.9 Å². The molecule has 3 nitrogen and oxygen atoms in total. The minimum absolute atomic E-state index is 0.372. The normalized spacial score (nSPS) is 12.6. The molecule has 0 spiro atoms. The van der Waals surface area contributed by atoms with Crippen LogP contribution >= 0.6 is 22.7 Å². The van der Waals surface area contributed by atoms with Gasteiger partial charge in [0.2, 0.25) is 0 Å². The molecule has 110 valence electrons. The number of rotatable bonds is 7. The lowest BCUT2D eigenvalue weighted by molar-refractivity contribution is 0.678. The first-order chi connectivity index (χ1) is 9.63. The van der Waals surface area contributed by atoms with Crippen LogP contribution < -0.4 is 10.2 Å². The number of thiophene rings is 1. The molecule has 2 aromatic rings. The van der Waals surface area contributed by atoms with Crippen LogP contribution in [0.5, 0.6) is 0 Å². The van der Waals surface area contributed by atoms with Gasteiger partial charge in [0.05, 0.1) is 11.7 Å². The SMILES string of the molecule is CCCNCc1sc(N(C)C(C)c2cccs2)nc1C. The molecule has 0 aliphatic heterocycles. The van der Waals surface area contributed by atoms with Gasteiger partial charge < -0.3 is 10.2 Å². The molecule has 20 heavy (non-hydrogen) atoms. The van der Waals surface area contributed by atoms with Crippen molar-refractivity contribution in [2.24, 2.45) is 0 Å². The molecule has 0 aliphatic rings. The first kappa shape index (κ1) is 15.5. The first-order valence-corrected chi connectivity index (χ1v) is 8.76. The van der Waals surface area contributed by atoms with Crippen LogP contribution in [0.4, 0.5) is 5.13 Å². The molecule has 5 heteroatoms. The van der Waals surface area contributed by atoms with Crippen molar-refractivity contribution >= 4 is 27.8 Å². The van der Waals surface area contributed by atoms with Gasteiger partial charge in [-0.25, -0.2) is 4.98 Å². The van der Waals surface area contributed by atoms with Crippen molar-refractivity contribution in [3.63, 3.8) is 0 Å². The molecule has 2 rings (SSSR count). The van der Waals surface area contributed by atoms with Crippen LogP contribution in [0.2, 0.25) is 0 Å². The zero-order valence-electron chi connectivity index (χ0n) is 12.6. The molecule has 0 bridgehead atoms. The van der Waals surface area contributed by atoms with Gasteiger partial charge in [-0.3, -0.25) is 0 Å². The third-order valence-corrected chi connectivity index (χ3v) is 5.72. The predicted molar refractivity (Wildman–Crippen MR) is 90.0 cm³/mol. The van der Waals surface area contributed by atoms with Crippen molar-refractivity contribution in [2.45, 2.75) is 39.8 Å². The monoisotopic (exact) mass is 309 g/mol. The maximum absolute atomic E-state index is 4.73. The van der Waals surface area contributed by atoms with Crippen LogP contribution in [-0.2, 0) is 6.54 Å². The molecule has 2 heterocycles. The van der Waals surface area contributed by atoms with Crippen LogP contribution in [0.15, 0.2) is 17.5 Å². The van der Waals surface area contributed by atoms with Gasteiger partial charge in [0.25, 0.3) is 0 Å². The van der Waals surface area contributed by atoms with Gasteiger partial charge in [0.15, 0.2) is 5.13 Å². The van der Waals surface area contributed by atoms with Crippen LogP contribution in [0.3, 0.4) is 0 Å². The number of aromatic nitrogens is 1. The number of anilines is 1. The maximum atomic E-state index is 4.73. The van der Waals surface area contributed by atoms with Crippen molar-refractivity contribution in [2.75, 3.05) is 18.5 Å². The van der Waals surface area contributed by atoms with Crippen LogP contribution in [0.1, 0.15) is 41.8 Å². The maximum Gasteiger partial charge on any atom is 0.186 e. The molecule has 2 aromatic heterocycles. The van der Waals surface area contributed by atoms with Crippen LogP contribution in [-0.4, -0.2) is 18.6 Å². The molecular formula is C15H23N3S2. The van der Waals surface area contributed by atoms with E-state index < -0.39 is 0 Å². The summed E-state index contributed by atoms with van der Waals surface area (Å²) in [5, 5.41) is 6.70. The number of thiazole rings is 1. The topological polar surface area (TPSA) is 28.2 Å². The lowest BCUT2D eigenvalue weighted by Crippen LogP contribution is -2.20. The second kappa shape index (κ2) is 7.20. The number of hydrogen-bond acceptors (Lipinski definition) is 5. The fraction of sp³-hybridized carbons (Fsp3) is 0.533. The molecule has 0 aliphatic carbocycles. The fourth-order valence-electron chi connectivity index (χ4n) is 1.99. The summed E-state index contributed by atoms with van der Waals surface area (Å²) in [6.07, 6.45) is 1.17. The molecule has 0 radical (unpaired) electrons. The second-order valence-corrected chi connectivity index (χ2v) is 7.03. The average Bonchev–Trinajstić information content (AvgIpc) is 3.08. The minimum Gasteiger partial charge on any atom is -0.344 e. The fourth-order valence-corrected chi connectivity index (χ4v) is 3.89. The number of aryl methyl sites for hydroxylation is 1. The lowest BCUT2D eigenvalue weighted by Gasteiger charge is -2.23. The van der Waals surface area contributed by atoms with Crippen molar-refractivity contribution < 1.29 is 0 Å². The Morgan fingerprint density at radius 3 is 2.90 bits per heavy atom. The lowest BCUT2D eigenvalue weighted by atomic mass is 10.2. The van der Waals surface area contributed by atoms with Crippen molar-refractivity contribution in [3.8, 4) is 0 Å². The molecular weight excluding hydrogens is 286 g/mol. The highest BCUT2D eigenvalue weighted by Crippen LogP contribution is 2.32. The summed E-state index contributed by atoms with van der Waals surface area (Å²) in [6.45, 7) is 8.52. The Morgan fingerprint density at radius 1 is 1.45 bits per heavy atom. The van der Waals surface area contributed by atoms with Gasteiger partial charge in [-0.05, 0) is 38.3 Å². The highest BCUT2D eigenvalue weighted by Gasteiger charge is 2.17. The molecule has 1 N–H and O–H groups in total. The predicted octanol–water partition coefficient (Wildman–Crippen LogP) is 4.21. The van der Waals surface area contributed by atoms with Gasteiger partial charge in [0, 0.05) is 23.3 Å². The molecule has 1 atom stereocenters. The molecule has 0 saturated carbocycles. The summed E-state index contributed by atoms with van der Waals surface area (Å²) in [5.41, 5.74) is 1.15. The molecule has 1 unspecified atom stereocenters. The highest BCUT2D eigenvalue weighted by molar-refractivity contribution is 7.15.